The van der Waals surface area contributed by atoms with Crippen LogP contribution in [0.4, 0.5) is 9.18 Å². The molecule has 0 aliphatic carbocycles. The molecule has 0 aliphatic rings. The molecule has 1 aromatic rings. The van der Waals surface area contributed by atoms with Gasteiger partial charge in [-0.25, -0.2) is 9.18 Å². The monoisotopic (exact) mass is 388 g/mol. The molecule has 0 heterocycles. The van der Waals surface area contributed by atoms with E-state index in [9.17, 15) is 9.18 Å². The zero-order valence-electron chi connectivity index (χ0n) is 14.4. The standard InChI is InChI=1S/C17H26BrFN2O2/c1-6-13(10-20-16(22)23-17(3,4)5)21-11(2)14-8-7-12(18)9-15(14)19/h7-9,11,13,21H,6,10H2,1-5H3,(H,20,22). The number of carbonyl (C=O) groups excluding carboxylic acids is 1. The number of ether oxygens (including phenoxy) is 1. The number of alkyl carbamates (subject to hydrolysis) is 1. The lowest BCUT2D eigenvalue weighted by Crippen LogP contribution is -2.43. The Kier molecular flexibility index (Phi) is 7.48. The van der Waals surface area contributed by atoms with Gasteiger partial charge in [0, 0.05) is 28.7 Å². The van der Waals surface area contributed by atoms with E-state index in [0.29, 0.717) is 16.6 Å². The van der Waals surface area contributed by atoms with Crippen molar-refractivity contribution in [2.24, 2.45) is 0 Å². The topological polar surface area (TPSA) is 50.4 Å². The summed E-state index contributed by atoms with van der Waals surface area (Å²) in [6, 6.07) is 4.89. The fourth-order valence-electron chi connectivity index (χ4n) is 2.14. The molecule has 2 atom stereocenters. The molecule has 0 fully saturated rings. The first-order valence-electron chi connectivity index (χ1n) is 7.80. The van der Waals surface area contributed by atoms with Crippen molar-refractivity contribution in [3.63, 3.8) is 0 Å². The van der Waals surface area contributed by atoms with Gasteiger partial charge in [-0.15, -0.1) is 0 Å². The Labute approximate surface area is 146 Å². The molecule has 1 amide bonds. The van der Waals surface area contributed by atoms with Gasteiger partial charge in [-0.3, -0.25) is 0 Å². The first kappa shape index (κ1) is 19.9. The summed E-state index contributed by atoms with van der Waals surface area (Å²) in [4.78, 5) is 11.7. The summed E-state index contributed by atoms with van der Waals surface area (Å²) in [6.07, 6.45) is 0.360. The molecule has 0 radical (unpaired) electrons. The van der Waals surface area contributed by atoms with E-state index in [2.05, 4.69) is 26.6 Å². The number of rotatable bonds is 6. The molecular formula is C17H26BrFN2O2. The summed E-state index contributed by atoms with van der Waals surface area (Å²) in [7, 11) is 0. The predicted molar refractivity (Wildman–Crippen MR) is 94.0 cm³/mol. The van der Waals surface area contributed by atoms with Gasteiger partial charge in [0.15, 0.2) is 0 Å². The average molecular weight is 389 g/mol. The summed E-state index contributed by atoms with van der Waals surface area (Å²) in [5.74, 6) is -0.255. The minimum atomic E-state index is -0.521. The summed E-state index contributed by atoms with van der Waals surface area (Å²) < 4.78 is 19.9. The highest BCUT2D eigenvalue weighted by molar-refractivity contribution is 9.10. The number of benzene rings is 1. The van der Waals surface area contributed by atoms with Gasteiger partial charge in [-0.05, 0) is 46.2 Å². The zero-order chi connectivity index (χ0) is 17.6. The van der Waals surface area contributed by atoms with Crippen molar-refractivity contribution < 1.29 is 13.9 Å². The summed E-state index contributed by atoms with van der Waals surface area (Å²) in [5.41, 5.74) is 0.0801. The molecule has 0 aliphatic heterocycles. The fraction of sp³-hybridized carbons (Fsp3) is 0.588. The second-order valence-electron chi connectivity index (χ2n) is 6.54. The predicted octanol–water partition coefficient (Wildman–Crippen LogP) is 4.54. The number of hydrogen-bond donors (Lipinski definition) is 2. The van der Waals surface area contributed by atoms with E-state index in [-0.39, 0.29) is 17.9 Å². The molecule has 4 nitrogen and oxygen atoms in total. The van der Waals surface area contributed by atoms with Crippen molar-refractivity contribution in [1.82, 2.24) is 10.6 Å². The van der Waals surface area contributed by atoms with Crippen molar-refractivity contribution >= 4 is 22.0 Å². The van der Waals surface area contributed by atoms with Crippen LogP contribution in [-0.4, -0.2) is 24.3 Å². The van der Waals surface area contributed by atoms with Crippen LogP contribution in [0, 0.1) is 5.82 Å². The Morgan fingerprint density at radius 3 is 2.57 bits per heavy atom. The zero-order valence-corrected chi connectivity index (χ0v) is 16.0. The Balaban J connectivity index is 2.57. The molecule has 2 N–H and O–H groups in total. The highest BCUT2D eigenvalue weighted by Gasteiger charge is 2.19. The lowest BCUT2D eigenvalue weighted by atomic mass is 10.1. The molecule has 130 valence electrons. The van der Waals surface area contributed by atoms with Crippen LogP contribution in [0.1, 0.15) is 52.6 Å². The van der Waals surface area contributed by atoms with E-state index in [0.717, 1.165) is 6.42 Å². The molecular weight excluding hydrogens is 363 g/mol. The first-order chi connectivity index (χ1) is 10.6. The maximum absolute atomic E-state index is 14.0. The van der Waals surface area contributed by atoms with E-state index >= 15 is 0 Å². The van der Waals surface area contributed by atoms with E-state index in [1.165, 1.54) is 6.07 Å². The van der Waals surface area contributed by atoms with Crippen LogP contribution in [0.2, 0.25) is 0 Å². The van der Waals surface area contributed by atoms with Gasteiger partial charge in [0.05, 0.1) is 0 Å². The lowest BCUT2D eigenvalue weighted by Gasteiger charge is -2.25. The minimum Gasteiger partial charge on any atom is -0.444 e. The fourth-order valence-corrected chi connectivity index (χ4v) is 2.47. The van der Waals surface area contributed by atoms with Crippen LogP contribution in [0.25, 0.3) is 0 Å². The Morgan fingerprint density at radius 1 is 1.39 bits per heavy atom. The van der Waals surface area contributed by atoms with Gasteiger partial charge in [0.1, 0.15) is 11.4 Å². The van der Waals surface area contributed by atoms with E-state index < -0.39 is 11.7 Å². The maximum Gasteiger partial charge on any atom is 0.407 e. The molecule has 2 unspecified atom stereocenters. The van der Waals surface area contributed by atoms with Crippen molar-refractivity contribution in [3.05, 3.63) is 34.1 Å². The Hall–Kier alpha value is -1.14. The Bertz CT molecular complexity index is 532. The minimum absolute atomic E-state index is 0.0283. The van der Waals surface area contributed by atoms with Gasteiger partial charge >= 0.3 is 6.09 Å². The van der Waals surface area contributed by atoms with Gasteiger partial charge < -0.3 is 15.4 Å². The van der Waals surface area contributed by atoms with Crippen LogP contribution in [-0.2, 0) is 4.74 Å². The van der Waals surface area contributed by atoms with E-state index in [4.69, 9.17) is 4.74 Å². The second-order valence-corrected chi connectivity index (χ2v) is 7.46. The maximum atomic E-state index is 14.0. The molecule has 6 heteroatoms. The SMILES string of the molecule is CCC(CNC(=O)OC(C)(C)C)NC(C)c1ccc(Br)cc1F. The molecule has 23 heavy (non-hydrogen) atoms. The van der Waals surface area contributed by atoms with Gasteiger partial charge in [-0.1, -0.05) is 28.9 Å². The quantitative estimate of drug-likeness (QED) is 0.751. The first-order valence-corrected chi connectivity index (χ1v) is 8.59. The normalized spacial score (nSPS) is 14.2. The highest BCUT2D eigenvalue weighted by Crippen LogP contribution is 2.21. The molecule has 0 saturated heterocycles. The number of hydrogen-bond acceptors (Lipinski definition) is 3. The van der Waals surface area contributed by atoms with Crippen LogP contribution in [0.15, 0.2) is 22.7 Å². The van der Waals surface area contributed by atoms with Gasteiger partial charge in [-0.2, -0.15) is 0 Å². The van der Waals surface area contributed by atoms with Crippen LogP contribution in [0.3, 0.4) is 0 Å². The summed E-state index contributed by atoms with van der Waals surface area (Å²) in [6.45, 7) is 9.80. The van der Waals surface area contributed by atoms with Gasteiger partial charge in [0.2, 0.25) is 0 Å². The number of halogens is 2. The van der Waals surface area contributed by atoms with Crippen LogP contribution < -0.4 is 10.6 Å². The summed E-state index contributed by atoms with van der Waals surface area (Å²) >= 11 is 3.25. The van der Waals surface area contributed by atoms with Crippen molar-refractivity contribution in [2.75, 3.05) is 6.54 Å². The largest absolute Gasteiger partial charge is 0.444 e. The highest BCUT2D eigenvalue weighted by atomic mass is 79.9. The molecule has 0 aromatic heterocycles. The number of amides is 1. The van der Waals surface area contributed by atoms with E-state index in [1.54, 1.807) is 6.07 Å². The smallest absolute Gasteiger partial charge is 0.407 e. The van der Waals surface area contributed by atoms with Crippen molar-refractivity contribution in [1.29, 1.82) is 0 Å². The summed E-state index contributed by atoms with van der Waals surface area (Å²) in [5, 5.41) is 6.08. The van der Waals surface area contributed by atoms with Crippen LogP contribution >= 0.6 is 15.9 Å². The molecule has 0 saturated carbocycles. The van der Waals surface area contributed by atoms with Crippen molar-refractivity contribution in [2.45, 2.75) is 58.7 Å². The lowest BCUT2D eigenvalue weighted by molar-refractivity contribution is 0.0521. The van der Waals surface area contributed by atoms with Gasteiger partial charge in [0.25, 0.3) is 0 Å². The third-order valence-electron chi connectivity index (χ3n) is 3.30. The molecule has 0 spiro atoms. The molecule has 1 rings (SSSR count). The average Bonchev–Trinajstić information content (AvgIpc) is 2.41. The third-order valence-corrected chi connectivity index (χ3v) is 3.79. The number of nitrogens with one attached hydrogen (secondary N) is 2. The number of carbonyl (C=O) groups is 1. The van der Waals surface area contributed by atoms with E-state index in [1.807, 2.05) is 40.7 Å². The second kappa shape index (κ2) is 8.64. The molecule has 0 bridgehead atoms. The molecule has 1 aromatic carbocycles. The Morgan fingerprint density at radius 2 is 2.04 bits per heavy atom. The van der Waals surface area contributed by atoms with Crippen LogP contribution in [0.5, 0.6) is 0 Å². The van der Waals surface area contributed by atoms with Crippen molar-refractivity contribution in [3.8, 4) is 0 Å². The third kappa shape index (κ3) is 7.31.